The Hall–Kier alpha value is -3.50. The lowest BCUT2D eigenvalue weighted by Crippen LogP contribution is -2.61. The largest absolute Gasteiger partial charge is 0.455 e. The highest BCUT2D eigenvalue weighted by Gasteiger charge is 2.75. The van der Waals surface area contributed by atoms with Gasteiger partial charge in [0, 0.05) is 18.5 Å². The van der Waals surface area contributed by atoms with Gasteiger partial charge in [-0.15, -0.1) is 13.2 Å². The van der Waals surface area contributed by atoms with Crippen LogP contribution in [-0.2, 0) is 28.7 Å². The van der Waals surface area contributed by atoms with Crippen LogP contribution in [0.2, 0.25) is 0 Å². The van der Waals surface area contributed by atoms with E-state index >= 15 is 0 Å². The van der Waals surface area contributed by atoms with E-state index in [1.165, 1.54) is 4.90 Å². The van der Waals surface area contributed by atoms with E-state index in [2.05, 4.69) is 18.5 Å². The zero-order chi connectivity index (χ0) is 33.1. The second-order valence-electron chi connectivity index (χ2n) is 13.4. The van der Waals surface area contributed by atoms with E-state index in [1.54, 1.807) is 24.0 Å². The number of benzene rings is 1. The maximum atomic E-state index is 14.5. The molecule has 1 aromatic carbocycles. The molecule has 2 bridgehead atoms. The molecule has 246 valence electrons. The predicted octanol–water partition coefficient (Wildman–Crippen LogP) is 3.70. The van der Waals surface area contributed by atoms with Crippen LogP contribution in [0.15, 0.2) is 55.6 Å². The molecule has 3 heterocycles. The van der Waals surface area contributed by atoms with Crippen LogP contribution < -0.4 is 5.32 Å². The number of esters is 1. The Labute approximate surface area is 266 Å². The molecule has 8 atom stereocenters. The molecule has 2 N–H and O–H groups in total. The van der Waals surface area contributed by atoms with Crippen LogP contribution in [0.5, 0.6) is 0 Å². The van der Waals surface area contributed by atoms with Crippen LogP contribution in [0.25, 0.3) is 0 Å². The molecule has 3 saturated heterocycles. The number of hydrogen-bond donors (Lipinski definition) is 2. The normalized spacial score (nSPS) is 27.3. The maximum Gasteiger partial charge on any atom is 0.313 e. The Morgan fingerprint density at radius 3 is 2.49 bits per heavy atom. The number of aliphatic hydroxyl groups is 1. The monoisotopic (exact) mass is 623 g/mol. The summed E-state index contributed by atoms with van der Waals surface area (Å²) in [4.78, 5) is 58.8. The number of likely N-dealkylation sites (tertiary alicyclic amines) is 1. The number of ether oxygens (including phenoxy) is 2. The summed E-state index contributed by atoms with van der Waals surface area (Å²) in [6.45, 7) is 16.8. The van der Waals surface area contributed by atoms with Crippen LogP contribution in [0, 0.1) is 11.8 Å². The molecule has 3 aliphatic heterocycles. The van der Waals surface area contributed by atoms with E-state index in [0.29, 0.717) is 31.2 Å². The Morgan fingerprint density at radius 2 is 1.91 bits per heavy atom. The van der Waals surface area contributed by atoms with E-state index in [0.717, 1.165) is 0 Å². The number of aliphatic hydroxyl groups excluding tert-OH is 1. The van der Waals surface area contributed by atoms with Crippen LogP contribution in [-0.4, -0.2) is 87.1 Å². The predicted molar refractivity (Wildman–Crippen MR) is 170 cm³/mol. The van der Waals surface area contributed by atoms with E-state index in [-0.39, 0.29) is 37.3 Å². The third-order valence-electron chi connectivity index (χ3n) is 9.50. The van der Waals surface area contributed by atoms with Crippen molar-refractivity contribution < 1.29 is 33.8 Å². The fourth-order valence-electron chi connectivity index (χ4n) is 7.36. The van der Waals surface area contributed by atoms with Gasteiger partial charge in [-0.05, 0) is 58.9 Å². The van der Waals surface area contributed by atoms with Crippen molar-refractivity contribution in [3.8, 4) is 0 Å². The number of nitrogens with one attached hydrogen (secondary N) is 1. The lowest BCUT2D eigenvalue weighted by Gasteiger charge is -2.43. The van der Waals surface area contributed by atoms with Gasteiger partial charge in [-0.3, -0.25) is 19.2 Å². The second kappa shape index (κ2) is 13.9. The molecular weight excluding hydrogens is 574 g/mol. The minimum absolute atomic E-state index is 0.193. The van der Waals surface area contributed by atoms with Gasteiger partial charge in [0.1, 0.15) is 17.7 Å². The lowest BCUT2D eigenvalue weighted by atomic mass is 9.70. The summed E-state index contributed by atoms with van der Waals surface area (Å²) in [7, 11) is 0. The summed E-state index contributed by atoms with van der Waals surface area (Å²) in [6.07, 6.45) is 4.00. The molecular formula is C35H49N3O7. The van der Waals surface area contributed by atoms with E-state index in [1.807, 2.05) is 58.0 Å². The van der Waals surface area contributed by atoms with Crippen molar-refractivity contribution in [3.63, 3.8) is 0 Å². The van der Waals surface area contributed by atoms with E-state index in [4.69, 9.17) is 9.47 Å². The first-order chi connectivity index (χ1) is 21.4. The van der Waals surface area contributed by atoms with Crippen molar-refractivity contribution >= 4 is 23.7 Å². The number of amides is 3. The minimum atomic E-state index is -1.23. The summed E-state index contributed by atoms with van der Waals surface area (Å²) in [5.74, 6) is -3.37. The SMILES string of the molecule is C=CCCC(=O)N[C@@H](C)[C@H](OC(=O)[C@@H]1[C@@H]2CC[C@]3(O2)[C@H](C(=O)N(CC=C)C(C)(C)C)N([C@@H](CC)CO)C(=O)[C@@H]13)c1ccccc1. The van der Waals surface area contributed by atoms with Crippen molar-refractivity contribution in [2.45, 2.75) is 108 Å². The zero-order valence-corrected chi connectivity index (χ0v) is 27.2. The molecule has 3 aliphatic rings. The van der Waals surface area contributed by atoms with Gasteiger partial charge >= 0.3 is 5.97 Å². The number of hydrogen-bond acceptors (Lipinski definition) is 7. The number of allylic oxidation sites excluding steroid dienone is 1. The molecule has 3 amide bonds. The summed E-state index contributed by atoms with van der Waals surface area (Å²) in [6, 6.07) is 6.96. The summed E-state index contributed by atoms with van der Waals surface area (Å²) in [5.41, 5.74) is -1.12. The van der Waals surface area contributed by atoms with Gasteiger partial charge in [0.25, 0.3) is 0 Å². The standard InChI is InChI=1S/C35H49N3O7/c1-8-11-17-26(40)36-22(4)29(23-15-13-12-14-16-23)44-33(43)27-25-18-19-35(45-25)28(27)31(41)38(24(10-3)21-39)30(35)32(42)37(20-9-2)34(5,6)7/h8-9,12-16,22,24-25,27-30,39H,1-2,10-11,17-21H2,3-7H3,(H,36,40)/t22-,24-,25-,27+,28+,29-,30-,35+/m0/s1. The smallest absolute Gasteiger partial charge is 0.313 e. The van der Waals surface area contributed by atoms with Crippen LogP contribution >= 0.6 is 0 Å². The number of rotatable bonds is 14. The molecule has 4 rings (SSSR count). The highest BCUT2D eigenvalue weighted by Crippen LogP contribution is 2.59. The lowest BCUT2D eigenvalue weighted by molar-refractivity contribution is -0.163. The molecule has 45 heavy (non-hydrogen) atoms. The summed E-state index contributed by atoms with van der Waals surface area (Å²) >= 11 is 0. The molecule has 10 nitrogen and oxygen atoms in total. The number of nitrogens with zero attached hydrogens (tertiary/aromatic N) is 2. The average molecular weight is 624 g/mol. The van der Waals surface area contributed by atoms with Gasteiger partial charge in [-0.1, -0.05) is 49.4 Å². The second-order valence-corrected chi connectivity index (χ2v) is 13.4. The highest BCUT2D eigenvalue weighted by molar-refractivity contribution is 5.98. The summed E-state index contributed by atoms with van der Waals surface area (Å²) in [5, 5.41) is 13.3. The molecule has 3 fully saturated rings. The fraction of sp³-hybridized carbons (Fsp3) is 0.600. The van der Waals surface area contributed by atoms with E-state index < -0.39 is 59.3 Å². The Kier molecular flexibility index (Phi) is 10.6. The molecule has 10 heteroatoms. The fourth-order valence-corrected chi connectivity index (χ4v) is 7.36. The first kappa shape index (κ1) is 34.4. The van der Waals surface area contributed by atoms with Crippen molar-refractivity contribution in [2.24, 2.45) is 11.8 Å². The average Bonchev–Trinajstić information content (AvgIpc) is 3.65. The molecule has 0 saturated carbocycles. The third kappa shape index (κ3) is 6.45. The van der Waals surface area contributed by atoms with Gasteiger partial charge in [0.2, 0.25) is 17.7 Å². The highest BCUT2D eigenvalue weighted by atomic mass is 16.6. The molecule has 0 unspecified atom stereocenters. The first-order valence-electron chi connectivity index (χ1n) is 16.0. The Morgan fingerprint density at radius 1 is 1.22 bits per heavy atom. The number of carbonyl (C=O) groups excluding carboxylic acids is 4. The minimum Gasteiger partial charge on any atom is -0.455 e. The quantitative estimate of drug-likeness (QED) is 0.239. The molecule has 0 aromatic heterocycles. The van der Waals surface area contributed by atoms with Crippen molar-refractivity contribution in [1.82, 2.24) is 15.1 Å². The topological polar surface area (TPSA) is 125 Å². The Bertz CT molecular complexity index is 1270. The molecule has 0 radical (unpaired) electrons. The number of fused-ring (bicyclic) bond motifs is 1. The van der Waals surface area contributed by atoms with Crippen molar-refractivity contribution in [1.29, 1.82) is 0 Å². The van der Waals surface area contributed by atoms with Crippen LogP contribution in [0.3, 0.4) is 0 Å². The maximum absolute atomic E-state index is 14.5. The number of carbonyl (C=O) groups is 4. The van der Waals surface area contributed by atoms with Gasteiger partial charge in [0.05, 0.1) is 36.6 Å². The Balaban J connectivity index is 1.70. The van der Waals surface area contributed by atoms with Crippen LogP contribution in [0.1, 0.15) is 78.4 Å². The van der Waals surface area contributed by atoms with Gasteiger partial charge in [-0.2, -0.15) is 0 Å². The summed E-state index contributed by atoms with van der Waals surface area (Å²) < 4.78 is 12.8. The molecule has 0 aliphatic carbocycles. The van der Waals surface area contributed by atoms with Gasteiger partial charge in [0.15, 0.2) is 0 Å². The van der Waals surface area contributed by atoms with E-state index in [9.17, 15) is 24.3 Å². The molecule has 1 aromatic rings. The third-order valence-corrected chi connectivity index (χ3v) is 9.50. The van der Waals surface area contributed by atoms with Crippen LogP contribution in [0.4, 0.5) is 0 Å². The first-order valence-corrected chi connectivity index (χ1v) is 16.0. The molecule has 1 spiro atoms. The van der Waals surface area contributed by atoms with Crippen molar-refractivity contribution in [3.05, 3.63) is 61.2 Å². The zero-order valence-electron chi connectivity index (χ0n) is 27.2. The van der Waals surface area contributed by atoms with Gasteiger partial charge in [-0.25, -0.2) is 0 Å². The van der Waals surface area contributed by atoms with Gasteiger partial charge < -0.3 is 29.7 Å². The van der Waals surface area contributed by atoms with Crippen molar-refractivity contribution in [2.75, 3.05) is 13.2 Å².